The van der Waals surface area contributed by atoms with Crippen LogP contribution in [0.4, 0.5) is 0 Å². The van der Waals surface area contributed by atoms with Crippen molar-refractivity contribution in [3.8, 4) is 6.07 Å². The van der Waals surface area contributed by atoms with Gasteiger partial charge in [0.25, 0.3) is 5.91 Å². The molecule has 6 heteroatoms. The Hall–Kier alpha value is -1.94. The maximum Gasteiger partial charge on any atom is 0.275 e. The second-order valence-corrected chi connectivity index (χ2v) is 5.71. The number of rotatable bonds is 6. The van der Waals surface area contributed by atoms with Gasteiger partial charge in [-0.25, -0.2) is 5.84 Å². The molecule has 0 aliphatic rings. The Balaban J connectivity index is 2.40. The fourth-order valence-corrected chi connectivity index (χ4v) is 3.40. The summed E-state index contributed by atoms with van der Waals surface area (Å²) in [5.41, 5.74) is 3.20. The lowest BCUT2D eigenvalue weighted by Gasteiger charge is -2.19. The molecule has 3 N–H and O–H groups in total. The third kappa shape index (κ3) is 3.39. The summed E-state index contributed by atoms with van der Waals surface area (Å²) in [6, 6.07) is 10.1. The molecular formula is C15H18N4OS. The summed E-state index contributed by atoms with van der Waals surface area (Å²) in [6.45, 7) is 4.22. The van der Waals surface area contributed by atoms with Gasteiger partial charge in [-0.2, -0.15) is 5.26 Å². The van der Waals surface area contributed by atoms with Crippen LogP contribution in [0.15, 0.2) is 24.3 Å². The van der Waals surface area contributed by atoms with E-state index >= 15 is 0 Å². The Morgan fingerprint density at radius 1 is 1.48 bits per heavy atom. The van der Waals surface area contributed by atoms with Gasteiger partial charge in [0.1, 0.15) is 0 Å². The third-order valence-corrected chi connectivity index (χ3v) is 4.62. The Morgan fingerprint density at radius 3 is 2.90 bits per heavy atom. The number of nitrogens with two attached hydrogens (primary N) is 1. The largest absolute Gasteiger partial charge is 0.298 e. The van der Waals surface area contributed by atoms with E-state index in [0.29, 0.717) is 24.4 Å². The van der Waals surface area contributed by atoms with Crippen molar-refractivity contribution in [2.75, 3.05) is 13.1 Å². The van der Waals surface area contributed by atoms with Crippen molar-refractivity contribution in [1.82, 2.24) is 10.3 Å². The number of nitrogens with one attached hydrogen (secondary N) is 1. The first kappa shape index (κ1) is 15.4. The van der Waals surface area contributed by atoms with Gasteiger partial charge in [0, 0.05) is 24.2 Å². The van der Waals surface area contributed by atoms with Crippen molar-refractivity contribution in [1.29, 1.82) is 5.26 Å². The molecule has 0 radical (unpaired) electrons. The van der Waals surface area contributed by atoms with E-state index in [1.165, 1.54) is 11.3 Å². The Kier molecular flexibility index (Phi) is 5.28. The summed E-state index contributed by atoms with van der Waals surface area (Å²) in [4.78, 5) is 14.8. The first-order valence-corrected chi connectivity index (χ1v) is 7.63. The summed E-state index contributed by atoms with van der Waals surface area (Å²) >= 11 is 1.45. The molecule has 0 aliphatic heterocycles. The van der Waals surface area contributed by atoms with Crippen LogP contribution in [0, 0.1) is 11.3 Å². The molecule has 0 aliphatic carbocycles. The zero-order valence-corrected chi connectivity index (χ0v) is 12.7. The van der Waals surface area contributed by atoms with Gasteiger partial charge in [-0.3, -0.25) is 15.1 Å². The number of hydrazine groups is 1. The Morgan fingerprint density at radius 2 is 2.24 bits per heavy atom. The highest BCUT2D eigenvalue weighted by Crippen LogP contribution is 2.32. The maximum atomic E-state index is 12.0. The average Bonchev–Trinajstić information content (AvgIpc) is 2.89. The summed E-state index contributed by atoms with van der Waals surface area (Å²) in [6.07, 6.45) is 0.480. The SMILES string of the molecule is CCN(CCC#N)Cc1c(C(=O)NN)sc2ccccc12. The van der Waals surface area contributed by atoms with Crippen LogP contribution in [-0.2, 0) is 6.54 Å². The van der Waals surface area contributed by atoms with Crippen LogP contribution in [0.5, 0.6) is 0 Å². The van der Waals surface area contributed by atoms with E-state index in [4.69, 9.17) is 11.1 Å². The third-order valence-electron chi connectivity index (χ3n) is 3.40. The number of nitrogen functional groups attached to an aromatic ring is 1. The zero-order chi connectivity index (χ0) is 15.2. The highest BCUT2D eigenvalue weighted by atomic mass is 32.1. The Labute approximate surface area is 127 Å². The molecule has 21 heavy (non-hydrogen) atoms. The number of hydrogen-bond donors (Lipinski definition) is 2. The summed E-state index contributed by atoms with van der Waals surface area (Å²) in [7, 11) is 0. The minimum atomic E-state index is -0.262. The van der Waals surface area contributed by atoms with Gasteiger partial charge in [0.15, 0.2) is 0 Å². The highest BCUT2D eigenvalue weighted by Gasteiger charge is 2.19. The quantitative estimate of drug-likeness (QED) is 0.487. The van der Waals surface area contributed by atoms with Crippen LogP contribution in [-0.4, -0.2) is 23.9 Å². The van der Waals surface area contributed by atoms with Crippen molar-refractivity contribution >= 4 is 27.3 Å². The predicted octanol–water partition coefficient (Wildman–Crippen LogP) is 2.24. The predicted molar refractivity (Wildman–Crippen MR) is 84.7 cm³/mol. The van der Waals surface area contributed by atoms with E-state index in [-0.39, 0.29) is 5.91 Å². The number of hydrogen-bond acceptors (Lipinski definition) is 5. The van der Waals surface area contributed by atoms with Crippen molar-refractivity contribution in [3.63, 3.8) is 0 Å². The molecule has 0 bridgehead atoms. The smallest absolute Gasteiger partial charge is 0.275 e. The summed E-state index contributed by atoms with van der Waals surface area (Å²) in [5.74, 6) is 5.03. The zero-order valence-electron chi connectivity index (χ0n) is 11.9. The van der Waals surface area contributed by atoms with E-state index in [0.717, 1.165) is 22.2 Å². The van der Waals surface area contributed by atoms with Gasteiger partial charge >= 0.3 is 0 Å². The lowest BCUT2D eigenvalue weighted by molar-refractivity contribution is 0.0956. The number of carbonyl (C=O) groups is 1. The first-order chi connectivity index (χ1) is 10.2. The first-order valence-electron chi connectivity index (χ1n) is 6.81. The molecule has 110 valence electrons. The van der Waals surface area contributed by atoms with Gasteiger partial charge in [0.2, 0.25) is 0 Å². The standard InChI is InChI=1S/C15H18N4OS/c1-2-19(9-5-8-16)10-12-11-6-3-4-7-13(11)21-14(12)15(20)18-17/h3-4,6-7H,2,5,9-10,17H2,1H3,(H,18,20). The lowest BCUT2D eigenvalue weighted by atomic mass is 10.1. The molecule has 0 saturated heterocycles. The second-order valence-electron chi connectivity index (χ2n) is 4.66. The fraction of sp³-hybridized carbons (Fsp3) is 0.333. The summed E-state index contributed by atoms with van der Waals surface area (Å²) < 4.78 is 1.07. The molecule has 1 amide bonds. The van der Waals surface area contributed by atoms with Crippen LogP contribution >= 0.6 is 11.3 Å². The molecular weight excluding hydrogens is 284 g/mol. The normalized spacial score (nSPS) is 10.8. The molecule has 1 aromatic heterocycles. The van der Waals surface area contributed by atoms with E-state index in [2.05, 4.69) is 23.3 Å². The Bertz CT molecular complexity index is 674. The van der Waals surface area contributed by atoms with E-state index in [9.17, 15) is 4.79 Å². The van der Waals surface area contributed by atoms with Gasteiger partial charge in [-0.05, 0) is 23.6 Å². The number of carbonyl (C=O) groups excluding carboxylic acids is 1. The number of benzene rings is 1. The van der Waals surface area contributed by atoms with Gasteiger partial charge in [-0.1, -0.05) is 25.1 Å². The number of fused-ring (bicyclic) bond motifs is 1. The molecule has 1 aromatic carbocycles. The van der Waals surface area contributed by atoms with Crippen molar-refractivity contribution in [2.24, 2.45) is 5.84 Å². The average molecular weight is 302 g/mol. The topological polar surface area (TPSA) is 82.2 Å². The number of thiophene rings is 1. The highest BCUT2D eigenvalue weighted by molar-refractivity contribution is 7.21. The molecule has 2 rings (SSSR count). The second kappa shape index (κ2) is 7.18. The molecule has 0 fully saturated rings. The van der Waals surface area contributed by atoms with Crippen LogP contribution in [0.2, 0.25) is 0 Å². The minimum Gasteiger partial charge on any atom is -0.298 e. The van der Waals surface area contributed by atoms with E-state index in [1.54, 1.807) is 0 Å². The van der Waals surface area contributed by atoms with E-state index in [1.807, 2.05) is 24.3 Å². The molecule has 2 aromatic rings. The van der Waals surface area contributed by atoms with Crippen LogP contribution in [0.1, 0.15) is 28.6 Å². The van der Waals surface area contributed by atoms with Crippen LogP contribution in [0.25, 0.3) is 10.1 Å². The minimum absolute atomic E-state index is 0.262. The van der Waals surface area contributed by atoms with Gasteiger partial charge < -0.3 is 0 Å². The van der Waals surface area contributed by atoms with E-state index < -0.39 is 0 Å². The number of nitrogens with zero attached hydrogens (tertiary/aromatic N) is 2. The van der Waals surface area contributed by atoms with Gasteiger partial charge in [-0.15, -0.1) is 11.3 Å². The molecule has 5 nitrogen and oxygen atoms in total. The molecule has 0 saturated carbocycles. The molecule has 0 spiro atoms. The van der Waals surface area contributed by atoms with Crippen molar-refractivity contribution in [3.05, 3.63) is 34.7 Å². The van der Waals surface area contributed by atoms with Gasteiger partial charge in [0.05, 0.1) is 10.9 Å². The molecule has 0 atom stereocenters. The monoisotopic (exact) mass is 302 g/mol. The maximum absolute atomic E-state index is 12.0. The number of nitriles is 1. The van der Waals surface area contributed by atoms with Crippen molar-refractivity contribution in [2.45, 2.75) is 19.9 Å². The van der Waals surface area contributed by atoms with Crippen LogP contribution < -0.4 is 11.3 Å². The number of amides is 1. The summed E-state index contributed by atoms with van der Waals surface area (Å²) in [5, 5.41) is 9.81. The van der Waals surface area contributed by atoms with Crippen LogP contribution in [0.3, 0.4) is 0 Å². The lowest BCUT2D eigenvalue weighted by Crippen LogP contribution is -2.31. The molecule has 1 heterocycles. The fourth-order valence-electron chi connectivity index (χ4n) is 2.29. The van der Waals surface area contributed by atoms with Crippen molar-refractivity contribution < 1.29 is 4.79 Å². The molecule has 0 unspecified atom stereocenters.